The fourth-order valence-corrected chi connectivity index (χ4v) is 4.85. The van der Waals surface area contributed by atoms with Crippen LogP contribution in [0.1, 0.15) is 24.4 Å². The van der Waals surface area contributed by atoms with Gasteiger partial charge in [0.05, 0.1) is 22.2 Å². The minimum atomic E-state index is -0.407. The third kappa shape index (κ3) is 3.72. The van der Waals surface area contributed by atoms with Crippen molar-refractivity contribution in [3.8, 4) is 10.7 Å². The van der Waals surface area contributed by atoms with Crippen LogP contribution in [-0.4, -0.2) is 22.4 Å². The largest absolute Gasteiger partial charge is 0.334 e. The van der Waals surface area contributed by atoms with Gasteiger partial charge >= 0.3 is 6.03 Å². The van der Waals surface area contributed by atoms with Crippen molar-refractivity contribution in [3.63, 3.8) is 0 Å². The van der Waals surface area contributed by atoms with Crippen molar-refractivity contribution in [3.05, 3.63) is 89.3 Å². The molecule has 8 heteroatoms. The lowest BCUT2D eigenvalue weighted by Crippen LogP contribution is -2.46. The highest BCUT2D eigenvalue weighted by Crippen LogP contribution is 2.39. The van der Waals surface area contributed by atoms with E-state index in [0.717, 1.165) is 32.3 Å². The van der Waals surface area contributed by atoms with Gasteiger partial charge in [-0.05, 0) is 54.5 Å². The number of amides is 2. The zero-order valence-corrected chi connectivity index (χ0v) is 19.1. The number of aromatic nitrogens is 2. The quantitative estimate of drug-likeness (QED) is 0.358. The van der Waals surface area contributed by atoms with Crippen LogP contribution >= 0.6 is 23.1 Å². The lowest BCUT2D eigenvalue weighted by molar-refractivity contribution is 0.244. The number of carbonyl (C=O) groups excluding carboxylic acids is 1. The second-order valence-corrected chi connectivity index (χ2v) is 9.05. The molecule has 2 aromatic carbocycles. The van der Waals surface area contributed by atoms with Crippen molar-refractivity contribution < 1.29 is 9.32 Å². The van der Waals surface area contributed by atoms with Gasteiger partial charge in [0.15, 0.2) is 0 Å². The molecule has 1 N–H and O–H groups in total. The van der Waals surface area contributed by atoms with Crippen molar-refractivity contribution in [1.29, 1.82) is 0 Å². The van der Waals surface area contributed by atoms with Gasteiger partial charge in [-0.2, -0.15) is 4.98 Å². The fraction of sp³-hybridized carbons (Fsp3) is 0.125. The van der Waals surface area contributed by atoms with Crippen molar-refractivity contribution >= 4 is 40.4 Å². The molecule has 4 aromatic rings. The number of hydrogen-bond acceptors (Lipinski definition) is 6. The molecule has 0 saturated carbocycles. The van der Waals surface area contributed by atoms with Crippen molar-refractivity contribution in [2.75, 3.05) is 11.2 Å². The Morgan fingerprint density at radius 2 is 1.84 bits per heavy atom. The zero-order valence-electron chi connectivity index (χ0n) is 17.5. The van der Waals surface area contributed by atoms with Crippen LogP contribution < -0.4 is 10.2 Å². The van der Waals surface area contributed by atoms with Gasteiger partial charge in [-0.15, -0.1) is 23.1 Å². The van der Waals surface area contributed by atoms with Gasteiger partial charge in [0.1, 0.15) is 0 Å². The van der Waals surface area contributed by atoms with E-state index in [4.69, 9.17) is 4.52 Å². The Morgan fingerprint density at radius 3 is 2.53 bits per heavy atom. The minimum Gasteiger partial charge on any atom is -0.334 e. The molecule has 1 atom stereocenters. The van der Waals surface area contributed by atoms with Gasteiger partial charge in [-0.3, -0.25) is 4.90 Å². The number of benzene rings is 2. The number of carbonyl (C=O) groups is 1. The molecule has 0 spiro atoms. The van der Waals surface area contributed by atoms with Crippen LogP contribution in [0.2, 0.25) is 0 Å². The molecular formula is C24H20N4O2S2. The molecule has 2 amide bonds. The Bertz CT molecular complexity index is 1270. The molecule has 1 unspecified atom stereocenters. The molecule has 6 nitrogen and oxygen atoms in total. The predicted molar refractivity (Wildman–Crippen MR) is 129 cm³/mol. The Balaban J connectivity index is 1.65. The van der Waals surface area contributed by atoms with E-state index in [1.165, 1.54) is 0 Å². The molecule has 0 radical (unpaired) electrons. The van der Waals surface area contributed by atoms with Gasteiger partial charge in [-0.1, -0.05) is 41.6 Å². The summed E-state index contributed by atoms with van der Waals surface area (Å²) < 4.78 is 5.72. The van der Waals surface area contributed by atoms with Crippen molar-refractivity contribution in [1.82, 2.24) is 15.5 Å². The van der Waals surface area contributed by atoms with Gasteiger partial charge in [-0.25, -0.2) is 4.79 Å². The summed E-state index contributed by atoms with van der Waals surface area (Å²) in [4.78, 5) is 21.6. The molecule has 0 bridgehead atoms. The highest BCUT2D eigenvalue weighted by atomic mass is 32.2. The SMILES string of the molecule is CSc1ccc(C2NC(=O)N(c3ccccc3)C(C)=C2c2nc(-c3cccs3)no2)cc1. The second-order valence-electron chi connectivity index (χ2n) is 7.23. The number of thiophene rings is 1. The van der Waals surface area contributed by atoms with Crippen LogP contribution in [-0.2, 0) is 0 Å². The first-order valence-corrected chi connectivity index (χ1v) is 12.1. The van der Waals surface area contributed by atoms with E-state index in [9.17, 15) is 4.79 Å². The van der Waals surface area contributed by atoms with Crippen LogP contribution in [0.25, 0.3) is 16.3 Å². The van der Waals surface area contributed by atoms with E-state index < -0.39 is 6.04 Å². The van der Waals surface area contributed by atoms with Gasteiger partial charge in [0.25, 0.3) is 5.89 Å². The third-order valence-electron chi connectivity index (χ3n) is 5.35. The highest BCUT2D eigenvalue weighted by Gasteiger charge is 2.36. The van der Waals surface area contributed by atoms with Crippen LogP contribution in [0.3, 0.4) is 0 Å². The first-order chi connectivity index (χ1) is 15.7. The summed E-state index contributed by atoms with van der Waals surface area (Å²) in [6, 6.07) is 21.0. The van der Waals surface area contributed by atoms with Crippen molar-refractivity contribution in [2.24, 2.45) is 0 Å². The number of nitrogens with zero attached hydrogens (tertiary/aromatic N) is 3. The van der Waals surface area contributed by atoms with Gasteiger partial charge in [0, 0.05) is 10.6 Å². The second kappa shape index (κ2) is 8.64. The van der Waals surface area contributed by atoms with Gasteiger partial charge < -0.3 is 9.84 Å². The molecule has 3 heterocycles. The average molecular weight is 461 g/mol. The Labute approximate surface area is 194 Å². The maximum Gasteiger partial charge on any atom is 0.326 e. The van der Waals surface area contributed by atoms with E-state index in [0.29, 0.717) is 11.7 Å². The molecule has 160 valence electrons. The summed E-state index contributed by atoms with van der Waals surface area (Å²) in [7, 11) is 0. The number of allylic oxidation sites excluding steroid dienone is 1. The molecule has 0 aliphatic carbocycles. The molecule has 32 heavy (non-hydrogen) atoms. The molecule has 5 rings (SSSR count). The minimum absolute atomic E-state index is 0.200. The van der Waals surface area contributed by atoms with Crippen LogP contribution in [0, 0.1) is 0 Å². The van der Waals surface area contributed by atoms with Gasteiger partial charge in [0.2, 0.25) is 5.82 Å². The molecule has 0 fully saturated rings. The molecule has 0 saturated heterocycles. The van der Waals surface area contributed by atoms with E-state index in [1.807, 2.05) is 85.3 Å². The maximum atomic E-state index is 13.2. The lowest BCUT2D eigenvalue weighted by atomic mass is 9.94. The molecule has 1 aliphatic heterocycles. The monoisotopic (exact) mass is 460 g/mol. The maximum absolute atomic E-state index is 13.2. The summed E-state index contributed by atoms with van der Waals surface area (Å²) in [6.45, 7) is 1.92. The first kappa shape index (κ1) is 20.5. The summed E-state index contributed by atoms with van der Waals surface area (Å²) in [5.41, 5.74) is 3.25. The van der Waals surface area contributed by atoms with Crippen LogP contribution in [0.15, 0.2) is 87.2 Å². The number of nitrogens with one attached hydrogen (secondary N) is 1. The van der Waals surface area contributed by atoms with Crippen LogP contribution in [0.5, 0.6) is 0 Å². The van der Waals surface area contributed by atoms with E-state index in [1.54, 1.807) is 28.0 Å². The third-order valence-corrected chi connectivity index (χ3v) is 6.96. The van der Waals surface area contributed by atoms with E-state index in [2.05, 4.69) is 15.5 Å². The number of para-hydroxylation sites is 1. The van der Waals surface area contributed by atoms with E-state index >= 15 is 0 Å². The summed E-state index contributed by atoms with van der Waals surface area (Å²) in [5.74, 6) is 0.931. The zero-order chi connectivity index (χ0) is 22.1. The molecular weight excluding hydrogens is 440 g/mol. The lowest BCUT2D eigenvalue weighted by Gasteiger charge is -2.35. The Kier molecular flexibility index (Phi) is 5.55. The average Bonchev–Trinajstić information content (AvgIpc) is 3.52. The Hall–Kier alpha value is -3.36. The summed E-state index contributed by atoms with van der Waals surface area (Å²) >= 11 is 3.23. The number of hydrogen-bond donors (Lipinski definition) is 1. The number of rotatable bonds is 5. The first-order valence-electron chi connectivity index (χ1n) is 10.0. The molecule has 1 aliphatic rings. The van der Waals surface area contributed by atoms with Crippen molar-refractivity contribution in [2.45, 2.75) is 17.9 Å². The fourth-order valence-electron chi connectivity index (χ4n) is 3.79. The topological polar surface area (TPSA) is 71.3 Å². The number of thioether (sulfide) groups is 1. The van der Waals surface area contributed by atoms with E-state index in [-0.39, 0.29) is 6.03 Å². The summed E-state index contributed by atoms with van der Waals surface area (Å²) in [6.07, 6.45) is 2.04. The smallest absolute Gasteiger partial charge is 0.326 e. The standard InChI is InChI=1S/C24H20N4O2S2/c1-15-20(23-26-22(27-30-23)19-9-6-14-32-19)21(16-10-12-18(31-2)13-11-16)25-24(29)28(15)17-7-4-3-5-8-17/h3-14,21H,1-2H3,(H,25,29). The molecule has 2 aromatic heterocycles. The normalized spacial score (nSPS) is 16.4. The highest BCUT2D eigenvalue weighted by molar-refractivity contribution is 7.98. The number of urea groups is 1. The summed E-state index contributed by atoms with van der Waals surface area (Å²) in [5, 5.41) is 9.31. The Morgan fingerprint density at radius 1 is 1.06 bits per heavy atom. The predicted octanol–water partition coefficient (Wildman–Crippen LogP) is 6.22. The number of anilines is 1. The van der Waals surface area contributed by atoms with Crippen LogP contribution in [0.4, 0.5) is 10.5 Å².